The largest absolute Gasteiger partial charge is 0.508 e. The number of phenolic OH excluding ortho intramolecular Hbond substituents is 2. The number of aliphatic hydroxyl groups excluding tert-OH is 1. The summed E-state index contributed by atoms with van der Waals surface area (Å²) in [7, 11) is 0. The molecule has 0 spiro atoms. The van der Waals surface area contributed by atoms with Gasteiger partial charge in [0.2, 0.25) is 0 Å². The molecule has 2 rings (SSSR count). The molecular weight excluding hydrogens is 208 g/mol. The second kappa shape index (κ2) is 4.72. The molecule has 0 radical (unpaired) electrons. The van der Waals surface area contributed by atoms with Gasteiger partial charge in [-0.2, -0.15) is 0 Å². The first-order valence-electron chi connectivity index (χ1n) is 5.45. The summed E-state index contributed by atoms with van der Waals surface area (Å²) in [6.45, 7) is 0.603. The molecule has 0 amide bonds. The molecule has 88 valence electrons. The molecule has 1 aromatic rings. The fourth-order valence-corrected chi connectivity index (χ4v) is 2.17. The second-order valence-corrected chi connectivity index (χ2v) is 4.14. The Kier molecular flexibility index (Phi) is 3.31. The van der Waals surface area contributed by atoms with Gasteiger partial charge in [-0.05, 0) is 30.4 Å². The molecule has 0 unspecified atom stereocenters. The van der Waals surface area contributed by atoms with E-state index in [-0.39, 0.29) is 30.1 Å². The molecule has 1 fully saturated rings. The Morgan fingerprint density at radius 2 is 2.12 bits per heavy atom. The zero-order valence-electron chi connectivity index (χ0n) is 8.97. The van der Waals surface area contributed by atoms with Crippen molar-refractivity contribution in [3.8, 4) is 11.5 Å². The molecule has 1 saturated heterocycles. The lowest BCUT2D eigenvalue weighted by atomic mass is 9.88. The zero-order valence-corrected chi connectivity index (χ0v) is 8.97. The molecule has 1 aliphatic heterocycles. The number of rotatable bonds is 2. The minimum atomic E-state index is -0.146. The third-order valence-electron chi connectivity index (χ3n) is 3.02. The maximum Gasteiger partial charge on any atom is 0.122 e. The van der Waals surface area contributed by atoms with Gasteiger partial charge in [0.1, 0.15) is 11.5 Å². The van der Waals surface area contributed by atoms with Crippen LogP contribution < -0.4 is 0 Å². The van der Waals surface area contributed by atoms with Crippen LogP contribution in [0.25, 0.3) is 0 Å². The molecule has 0 aliphatic carbocycles. The lowest BCUT2D eigenvalue weighted by Gasteiger charge is -2.29. The van der Waals surface area contributed by atoms with E-state index in [0.29, 0.717) is 13.0 Å². The second-order valence-electron chi connectivity index (χ2n) is 4.14. The van der Waals surface area contributed by atoms with E-state index in [4.69, 9.17) is 9.84 Å². The molecule has 1 heterocycles. The van der Waals surface area contributed by atoms with Crippen LogP contribution in [0.4, 0.5) is 0 Å². The predicted octanol–water partition coefficient (Wildman–Crippen LogP) is 1.35. The molecule has 16 heavy (non-hydrogen) atoms. The lowest BCUT2D eigenvalue weighted by molar-refractivity contribution is -0.0252. The van der Waals surface area contributed by atoms with E-state index in [1.54, 1.807) is 12.1 Å². The van der Waals surface area contributed by atoms with Crippen molar-refractivity contribution in [2.24, 2.45) is 0 Å². The molecule has 2 atom stereocenters. The van der Waals surface area contributed by atoms with Gasteiger partial charge in [0.25, 0.3) is 0 Å². The predicted molar refractivity (Wildman–Crippen MR) is 58.6 cm³/mol. The average molecular weight is 224 g/mol. The topological polar surface area (TPSA) is 69.9 Å². The smallest absolute Gasteiger partial charge is 0.122 e. The van der Waals surface area contributed by atoms with Crippen LogP contribution in [0, 0.1) is 0 Å². The first-order valence-corrected chi connectivity index (χ1v) is 5.45. The van der Waals surface area contributed by atoms with Gasteiger partial charge >= 0.3 is 0 Å². The van der Waals surface area contributed by atoms with Gasteiger partial charge in [-0.15, -0.1) is 0 Å². The van der Waals surface area contributed by atoms with Crippen molar-refractivity contribution in [2.75, 3.05) is 13.2 Å². The summed E-state index contributed by atoms with van der Waals surface area (Å²) < 4.78 is 5.36. The summed E-state index contributed by atoms with van der Waals surface area (Å²) in [5, 5.41) is 28.0. The van der Waals surface area contributed by atoms with Crippen molar-refractivity contribution >= 4 is 0 Å². The van der Waals surface area contributed by atoms with Crippen LogP contribution in [0.1, 0.15) is 24.3 Å². The Labute approximate surface area is 94.1 Å². The van der Waals surface area contributed by atoms with Crippen LogP contribution in [0.3, 0.4) is 0 Å². The Bertz CT molecular complexity index is 364. The van der Waals surface area contributed by atoms with E-state index in [9.17, 15) is 10.2 Å². The van der Waals surface area contributed by atoms with Gasteiger partial charge < -0.3 is 20.1 Å². The molecule has 3 N–H and O–H groups in total. The van der Waals surface area contributed by atoms with E-state index in [1.165, 1.54) is 6.07 Å². The highest BCUT2D eigenvalue weighted by molar-refractivity contribution is 5.41. The minimum Gasteiger partial charge on any atom is -0.508 e. The summed E-state index contributed by atoms with van der Waals surface area (Å²) in [4.78, 5) is 0. The monoisotopic (exact) mass is 224 g/mol. The highest BCUT2D eigenvalue weighted by atomic mass is 16.5. The number of aromatic hydroxyl groups is 2. The Balaban J connectivity index is 2.16. The highest BCUT2D eigenvalue weighted by Crippen LogP contribution is 2.36. The normalized spacial score (nSPS) is 25.6. The maximum atomic E-state index is 9.74. The average Bonchev–Trinajstić information content (AvgIpc) is 2.29. The summed E-state index contributed by atoms with van der Waals surface area (Å²) in [6.07, 6.45) is 1.39. The van der Waals surface area contributed by atoms with E-state index < -0.39 is 0 Å². The van der Waals surface area contributed by atoms with Crippen molar-refractivity contribution in [3.63, 3.8) is 0 Å². The van der Waals surface area contributed by atoms with E-state index in [0.717, 1.165) is 12.0 Å². The number of ether oxygens (including phenoxy) is 1. The third kappa shape index (κ3) is 2.28. The SMILES string of the molecule is OC[C@H]1C[C@H](c2ccc(O)cc2O)CCO1. The van der Waals surface area contributed by atoms with Crippen molar-refractivity contribution in [1.82, 2.24) is 0 Å². The van der Waals surface area contributed by atoms with Crippen molar-refractivity contribution in [1.29, 1.82) is 0 Å². The van der Waals surface area contributed by atoms with Crippen LogP contribution in [0.15, 0.2) is 18.2 Å². The Morgan fingerprint density at radius 1 is 1.31 bits per heavy atom. The molecule has 4 heteroatoms. The van der Waals surface area contributed by atoms with Gasteiger partial charge in [0, 0.05) is 12.7 Å². The first-order chi connectivity index (χ1) is 7.70. The van der Waals surface area contributed by atoms with Crippen molar-refractivity contribution in [3.05, 3.63) is 23.8 Å². The van der Waals surface area contributed by atoms with Crippen molar-refractivity contribution in [2.45, 2.75) is 24.9 Å². The Hall–Kier alpha value is -1.26. The van der Waals surface area contributed by atoms with Crippen LogP contribution in [0.5, 0.6) is 11.5 Å². The fraction of sp³-hybridized carbons (Fsp3) is 0.500. The highest BCUT2D eigenvalue weighted by Gasteiger charge is 2.25. The first kappa shape index (κ1) is 11.2. The van der Waals surface area contributed by atoms with Gasteiger partial charge in [-0.25, -0.2) is 0 Å². The lowest BCUT2D eigenvalue weighted by Crippen LogP contribution is -2.27. The molecule has 0 aromatic heterocycles. The molecule has 4 nitrogen and oxygen atoms in total. The summed E-state index contributed by atoms with van der Waals surface area (Å²) in [5.74, 6) is 0.363. The van der Waals surface area contributed by atoms with Gasteiger partial charge in [-0.3, -0.25) is 0 Å². The van der Waals surface area contributed by atoms with E-state index >= 15 is 0 Å². The quantitative estimate of drug-likeness (QED) is 0.709. The van der Waals surface area contributed by atoms with Crippen LogP contribution >= 0.6 is 0 Å². The molecule has 1 aliphatic rings. The number of benzene rings is 1. The fourth-order valence-electron chi connectivity index (χ4n) is 2.17. The van der Waals surface area contributed by atoms with Crippen LogP contribution in [-0.4, -0.2) is 34.6 Å². The molecule has 1 aromatic carbocycles. The number of aliphatic hydroxyl groups is 1. The summed E-state index contributed by atoms with van der Waals surface area (Å²) in [5.41, 5.74) is 0.819. The van der Waals surface area contributed by atoms with Crippen molar-refractivity contribution < 1.29 is 20.1 Å². The molecular formula is C12H16O4. The zero-order chi connectivity index (χ0) is 11.5. The number of hydrogen-bond acceptors (Lipinski definition) is 4. The van der Waals surface area contributed by atoms with E-state index in [2.05, 4.69) is 0 Å². The summed E-state index contributed by atoms with van der Waals surface area (Å²) >= 11 is 0. The molecule has 0 saturated carbocycles. The summed E-state index contributed by atoms with van der Waals surface area (Å²) in [6, 6.07) is 4.65. The van der Waals surface area contributed by atoms with Gasteiger partial charge in [0.15, 0.2) is 0 Å². The van der Waals surface area contributed by atoms with E-state index in [1.807, 2.05) is 0 Å². The van der Waals surface area contributed by atoms with Crippen LogP contribution in [-0.2, 0) is 4.74 Å². The minimum absolute atomic E-state index is 0.00927. The molecule has 0 bridgehead atoms. The third-order valence-corrected chi connectivity index (χ3v) is 3.02. The maximum absolute atomic E-state index is 9.74. The van der Waals surface area contributed by atoms with Gasteiger partial charge in [-0.1, -0.05) is 6.07 Å². The van der Waals surface area contributed by atoms with Gasteiger partial charge in [0.05, 0.1) is 12.7 Å². The number of phenols is 2. The Morgan fingerprint density at radius 3 is 2.81 bits per heavy atom. The number of hydrogen-bond donors (Lipinski definition) is 3. The van der Waals surface area contributed by atoms with Crippen LogP contribution in [0.2, 0.25) is 0 Å². The standard InChI is InChI=1S/C12H16O4/c13-7-10-5-8(3-4-16-10)11-2-1-9(14)6-12(11)15/h1-2,6,8,10,13-15H,3-5,7H2/t8-,10-/m1/s1.